The van der Waals surface area contributed by atoms with E-state index in [4.69, 9.17) is 4.74 Å². The van der Waals surface area contributed by atoms with Gasteiger partial charge < -0.3 is 15.0 Å². The number of aryl methyl sites for hydroxylation is 1. The summed E-state index contributed by atoms with van der Waals surface area (Å²) in [5, 5.41) is 6.36. The van der Waals surface area contributed by atoms with Crippen LogP contribution in [0.2, 0.25) is 0 Å². The maximum atomic E-state index is 13.1. The zero-order valence-corrected chi connectivity index (χ0v) is 13.3. The second kappa shape index (κ2) is 7.07. The van der Waals surface area contributed by atoms with Crippen LogP contribution in [0.15, 0.2) is 24.4 Å². The molecule has 1 N–H and O–H groups in total. The topological polar surface area (TPSA) is 76.5 Å². The average Bonchev–Trinajstić information content (AvgIpc) is 2.91. The van der Waals surface area contributed by atoms with Crippen LogP contribution >= 0.6 is 0 Å². The quantitative estimate of drug-likeness (QED) is 0.894. The molecule has 1 aromatic heterocycles. The molecule has 2 aromatic rings. The van der Waals surface area contributed by atoms with Crippen LogP contribution in [0.4, 0.5) is 14.5 Å². The van der Waals surface area contributed by atoms with E-state index in [1.807, 2.05) is 0 Å². The molecular weight excluding hydrogens is 322 g/mol. The summed E-state index contributed by atoms with van der Waals surface area (Å²) in [6.45, 7) is -0.282. The van der Waals surface area contributed by atoms with Crippen molar-refractivity contribution < 1.29 is 23.1 Å². The second-order valence-corrected chi connectivity index (χ2v) is 5.06. The molecule has 0 saturated heterocycles. The van der Waals surface area contributed by atoms with Crippen LogP contribution < -0.4 is 10.1 Å². The molecule has 0 aliphatic carbocycles. The lowest BCUT2D eigenvalue weighted by atomic mass is 10.3. The van der Waals surface area contributed by atoms with E-state index in [0.717, 1.165) is 17.0 Å². The van der Waals surface area contributed by atoms with Crippen LogP contribution in [-0.4, -0.2) is 47.2 Å². The summed E-state index contributed by atoms with van der Waals surface area (Å²) >= 11 is 0. The van der Waals surface area contributed by atoms with Gasteiger partial charge in [0, 0.05) is 32.0 Å². The average molecular weight is 338 g/mol. The van der Waals surface area contributed by atoms with Crippen molar-refractivity contribution in [3.8, 4) is 5.88 Å². The highest BCUT2D eigenvalue weighted by atomic mass is 19.2. The van der Waals surface area contributed by atoms with E-state index in [9.17, 15) is 18.4 Å². The maximum absolute atomic E-state index is 13.1. The predicted molar refractivity (Wildman–Crippen MR) is 81.7 cm³/mol. The largest absolute Gasteiger partial charge is 0.479 e. The first-order valence-corrected chi connectivity index (χ1v) is 6.89. The number of nitrogens with zero attached hydrogens (tertiary/aromatic N) is 3. The first-order valence-electron chi connectivity index (χ1n) is 6.89. The number of anilines is 1. The van der Waals surface area contributed by atoms with Crippen LogP contribution in [-0.2, 0) is 11.8 Å². The molecule has 1 aromatic carbocycles. The number of carbonyl (C=O) groups is 2. The van der Waals surface area contributed by atoms with Gasteiger partial charge in [-0.15, -0.1) is 5.10 Å². The smallest absolute Gasteiger partial charge is 0.261 e. The van der Waals surface area contributed by atoms with Gasteiger partial charge in [0.15, 0.2) is 11.6 Å². The van der Waals surface area contributed by atoms with E-state index in [-0.39, 0.29) is 23.7 Å². The van der Waals surface area contributed by atoms with E-state index in [1.165, 1.54) is 31.1 Å². The number of rotatable bonds is 5. The third-order valence-corrected chi connectivity index (χ3v) is 3.15. The van der Waals surface area contributed by atoms with E-state index < -0.39 is 23.4 Å². The molecular formula is C15H16F2N4O3. The molecule has 0 aliphatic rings. The van der Waals surface area contributed by atoms with Gasteiger partial charge in [0.1, 0.15) is 5.56 Å². The third kappa shape index (κ3) is 3.86. The summed E-state index contributed by atoms with van der Waals surface area (Å²) < 4.78 is 32.4. The number of hydrogen-bond donors (Lipinski definition) is 1. The Morgan fingerprint density at radius 3 is 2.67 bits per heavy atom. The molecule has 0 fully saturated rings. The molecule has 2 amide bonds. The van der Waals surface area contributed by atoms with Gasteiger partial charge in [0.25, 0.3) is 5.91 Å². The number of ether oxygens (including phenoxy) is 1. The molecule has 0 radical (unpaired) electrons. The number of carbonyl (C=O) groups excluding carboxylic acids is 2. The monoisotopic (exact) mass is 338 g/mol. The normalized spacial score (nSPS) is 10.4. The van der Waals surface area contributed by atoms with Crippen molar-refractivity contribution >= 4 is 17.5 Å². The summed E-state index contributed by atoms with van der Waals surface area (Å²) in [4.78, 5) is 25.4. The zero-order chi connectivity index (χ0) is 17.9. The first-order chi connectivity index (χ1) is 11.3. The fourth-order valence-corrected chi connectivity index (χ4v) is 2.03. The van der Waals surface area contributed by atoms with Crippen molar-refractivity contribution in [2.45, 2.75) is 0 Å². The van der Waals surface area contributed by atoms with Crippen LogP contribution in [0.25, 0.3) is 0 Å². The van der Waals surface area contributed by atoms with E-state index in [2.05, 4.69) is 10.4 Å². The molecule has 0 saturated carbocycles. The van der Waals surface area contributed by atoms with Gasteiger partial charge in [-0.1, -0.05) is 0 Å². The number of aromatic nitrogens is 2. The van der Waals surface area contributed by atoms with Crippen molar-refractivity contribution in [1.82, 2.24) is 14.7 Å². The van der Waals surface area contributed by atoms with Gasteiger partial charge in [0.05, 0.1) is 13.7 Å². The fraction of sp³-hybridized carbons (Fsp3) is 0.267. The van der Waals surface area contributed by atoms with Gasteiger partial charge in [-0.25, -0.2) is 8.78 Å². The highest BCUT2D eigenvalue weighted by molar-refractivity contribution is 6.00. The number of hydrogen-bond acceptors (Lipinski definition) is 4. The van der Waals surface area contributed by atoms with Crippen molar-refractivity contribution in [2.24, 2.45) is 7.05 Å². The Kier molecular flexibility index (Phi) is 5.12. The van der Waals surface area contributed by atoms with Crippen LogP contribution in [0.5, 0.6) is 5.88 Å². The van der Waals surface area contributed by atoms with E-state index in [0.29, 0.717) is 0 Å². The number of benzene rings is 1. The summed E-state index contributed by atoms with van der Waals surface area (Å²) in [6, 6.07) is 2.99. The van der Waals surface area contributed by atoms with Crippen LogP contribution in [0.1, 0.15) is 10.4 Å². The molecule has 0 spiro atoms. The third-order valence-electron chi connectivity index (χ3n) is 3.15. The van der Waals surface area contributed by atoms with Crippen LogP contribution in [0, 0.1) is 11.6 Å². The standard InChI is InChI=1S/C15H16F2N4O3/c1-20(15(23)10-7-21(2)19-14(10)24-3)8-13(22)18-9-4-5-11(16)12(17)6-9/h4-7H,8H2,1-3H3,(H,18,22). The minimum absolute atomic E-state index is 0.0960. The molecule has 0 aliphatic heterocycles. The molecule has 0 atom stereocenters. The number of halogens is 2. The zero-order valence-electron chi connectivity index (χ0n) is 13.3. The van der Waals surface area contributed by atoms with E-state index in [1.54, 1.807) is 7.05 Å². The van der Waals surface area contributed by atoms with Crippen molar-refractivity contribution in [2.75, 3.05) is 26.0 Å². The van der Waals surface area contributed by atoms with Gasteiger partial charge >= 0.3 is 0 Å². The Hall–Kier alpha value is -2.97. The van der Waals surface area contributed by atoms with Crippen LogP contribution in [0.3, 0.4) is 0 Å². The summed E-state index contributed by atoms with van der Waals surface area (Å²) in [7, 11) is 4.45. The van der Waals surface area contributed by atoms with Crippen molar-refractivity contribution in [3.63, 3.8) is 0 Å². The SMILES string of the molecule is COc1nn(C)cc1C(=O)N(C)CC(=O)Nc1ccc(F)c(F)c1. The van der Waals surface area contributed by atoms with Gasteiger partial charge in [-0.2, -0.15) is 0 Å². The Morgan fingerprint density at radius 1 is 1.33 bits per heavy atom. The van der Waals surface area contributed by atoms with Crippen molar-refractivity contribution in [1.29, 1.82) is 0 Å². The number of nitrogens with one attached hydrogen (secondary N) is 1. The minimum atomic E-state index is -1.07. The number of likely N-dealkylation sites (N-methyl/N-ethyl adjacent to an activating group) is 1. The Balaban J connectivity index is 2.02. The lowest BCUT2D eigenvalue weighted by molar-refractivity contribution is -0.116. The molecule has 2 rings (SSSR count). The molecule has 24 heavy (non-hydrogen) atoms. The highest BCUT2D eigenvalue weighted by Gasteiger charge is 2.21. The molecule has 128 valence electrons. The number of methoxy groups -OCH3 is 1. The lowest BCUT2D eigenvalue weighted by Gasteiger charge is -2.16. The molecule has 0 bridgehead atoms. The van der Waals surface area contributed by atoms with Crippen molar-refractivity contribution in [3.05, 3.63) is 41.6 Å². The summed E-state index contributed by atoms with van der Waals surface area (Å²) in [5.74, 6) is -2.95. The lowest BCUT2D eigenvalue weighted by Crippen LogP contribution is -2.35. The highest BCUT2D eigenvalue weighted by Crippen LogP contribution is 2.17. The molecule has 7 nitrogen and oxygen atoms in total. The fourth-order valence-electron chi connectivity index (χ4n) is 2.03. The van der Waals surface area contributed by atoms with Gasteiger partial charge in [-0.05, 0) is 12.1 Å². The molecule has 1 heterocycles. The molecule has 0 unspecified atom stereocenters. The Labute approximate surface area is 136 Å². The Morgan fingerprint density at radius 2 is 2.04 bits per heavy atom. The first kappa shape index (κ1) is 17.4. The van der Waals surface area contributed by atoms with Gasteiger partial charge in [-0.3, -0.25) is 14.3 Å². The minimum Gasteiger partial charge on any atom is -0.479 e. The maximum Gasteiger partial charge on any atom is 0.261 e. The predicted octanol–water partition coefficient (Wildman–Crippen LogP) is 1.42. The molecule has 9 heteroatoms. The second-order valence-electron chi connectivity index (χ2n) is 5.06. The van der Waals surface area contributed by atoms with Gasteiger partial charge in [0.2, 0.25) is 11.8 Å². The Bertz CT molecular complexity index is 776. The van der Waals surface area contributed by atoms with E-state index >= 15 is 0 Å². The summed E-state index contributed by atoms with van der Waals surface area (Å²) in [6.07, 6.45) is 1.48. The summed E-state index contributed by atoms with van der Waals surface area (Å²) in [5.41, 5.74) is 0.307. The number of amides is 2.